The molecule has 2 aromatic heterocycles. The van der Waals surface area contributed by atoms with Crippen molar-refractivity contribution in [3.63, 3.8) is 0 Å². The number of aliphatic hydroxyl groups excluding tert-OH is 1. The fraction of sp³-hybridized carbons (Fsp3) is 0.267. The van der Waals surface area contributed by atoms with Gasteiger partial charge in [-0.25, -0.2) is 4.98 Å². The zero-order valence-electron chi connectivity index (χ0n) is 11.1. The quantitative estimate of drug-likeness (QED) is 0.784. The van der Waals surface area contributed by atoms with Crippen LogP contribution < -0.4 is 0 Å². The number of benzene rings is 1. The summed E-state index contributed by atoms with van der Waals surface area (Å²) in [6.07, 6.45) is 1.82. The molecule has 19 heavy (non-hydrogen) atoms. The summed E-state index contributed by atoms with van der Waals surface area (Å²) in [5.41, 5.74) is 4.60. The van der Waals surface area contributed by atoms with Crippen molar-refractivity contribution in [1.29, 1.82) is 0 Å². The predicted molar refractivity (Wildman–Crippen MR) is 72.9 cm³/mol. The summed E-state index contributed by atoms with van der Waals surface area (Å²) in [5.74, 6) is 1.41. The van der Waals surface area contributed by atoms with Crippen molar-refractivity contribution in [2.24, 2.45) is 0 Å². The van der Waals surface area contributed by atoms with Crippen molar-refractivity contribution in [2.75, 3.05) is 0 Å². The van der Waals surface area contributed by atoms with Gasteiger partial charge in [-0.3, -0.25) is 0 Å². The fourth-order valence-electron chi connectivity index (χ4n) is 2.20. The average molecular weight is 256 g/mol. The van der Waals surface area contributed by atoms with E-state index < -0.39 is 0 Å². The number of fused-ring (bicyclic) bond motifs is 1. The number of nitrogens with zero attached hydrogens (tertiary/aromatic N) is 2. The van der Waals surface area contributed by atoms with Gasteiger partial charge in [-0.15, -0.1) is 0 Å². The molecule has 1 aromatic carbocycles. The van der Waals surface area contributed by atoms with Crippen molar-refractivity contribution in [3.05, 3.63) is 53.2 Å². The van der Waals surface area contributed by atoms with E-state index in [1.807, 2.05) is 12.4 Å². The average Bonchev–Trinajstić information content (AvgIpc) is 2.99. The van der Waals surface area contributed by atoms with Crippen LogP contribution in [0, 0.1) is 13.8 Å². The van der Waals surface area contributed by atoms with Crippen LogP contribution in [0.4, 0.5) is 0 Å². The van der Waals surface area contributed by atoms with Crippen LogP contribution in [0.5, 0.6) is 0 Å². The Bertz CT molecular complexity index is 725. The van der Waals surface area contributed by atoms with Gasteiger partial charge in [0.25, 0.3) is 0 Å². The molecule has 0 radical (unpaired) electrons. The number of hydrogen-bond donors (Lipinski definition) is 1. The van der Waals surface area contributed by atoms with Crippen LogP contribution in [-0.2, 0) is 13.2 Å². The normalized spacial score (nSPS) is 11.3. The lowest BCUT2D eigenvalue weighted by molar-refractivity contribution is 0.243. The van der Waals surface area contributed by atoms with Crippen molar-refractivity contribution < 1.29 is 9.52 Å². The van der Waals surface area contributed by atoms with Gasteiger partial charge in [-0.1, -0.05) is 0 Å². The molecule has 0 aliphatic rings. The molecule has 3 aromatic rings. The lowest BCUT2D eigenvalue weighted by atomic mass is 10.1. The lowest BCUT2D eigenvalue weighted by Gasteiger charge is -2.04. The maximum atomic E-state index is 9.00. The molecular weight excluding hydrogens is 240 g/mol. The van der Waals surface area contributed by atoms with Crippen molar-refractivity contribution in [3.8, 4) is 0 Å². The van der Waals surface area contributed by atoms with E-state index in [1.54, 1.807) is 6.07 Å². The van der Waals surface area contributed by atoms with Gasteiger partial charge in [0.1, 0.15) is 18.1 Å². The Morgan fingerprint density at radius 3 is 2.63 bits per heavy atom. The highest BCUT2D eigenvalue weighted by Crippen LogP contribution is 2.20. The molecule has 0 unspecified atom stereocenters. The van der Waals surface area contributed by atoms with Gasteiger partial charge in [-0.05, 0) is 49.2 Å². The second-order valence-corrected chi connectivity index (χ2v) is 4.82. The number of aryl methyl sites for hydroxylation is 2. The van der Waals surface area contributed by atoms with E-state index in [4.69, 9.17) is 9.52 Å². The first-order valence-electron chi connectivity index (χ1n) is 6.28. The molecule has 0 fully saturated rings. The highest BCUT2D eigenvalue weighted by atomic mass is 16.4. The van der Waals surface area contributed by atoms with Gasteiger partial charge in [0.15, 0.2) is 0 Å². The summed E-state index contributed by atoms with van der Waals surface area (Å²) in [6.45, 7) is 4.75. The highest BCUT2D eigenvalue weighted by molar-refractivity contribution is 5.77. The number of aliphatic hydroxyl groups is 1. The Balaban J connectivity index is 1.98. The molecule has 0 bridgehead atoms. The first kappa shape index (κ1) is 12.0. The lowest BCUT2D eigenvalue weighted by Crippen LogP contribution is -1.97. The van der Waals surface area contributed by atoms with Crippen LogP contribution in [0.25, 0.3) is 11.0 Å². The third-order valence-electron chi connectivity index (χ3n) is 3.44. The standard InChI is InChI=1S/C15H16N2O2/c1-10-5-14-15(6-11(10)2)17(9-16-14)7-12-3-4-13(8-18)19-12/h3-6,9,18H,7-8H2,1-2H3. The maximum absolute atomic E-state index is 9.00. The molecule has 2 heterocycles. The van der Waals surface area contributed by atoms with Crippen LogP contribution in [0.2, 0.25) is 0 Å². The van der Waals surface area contributed by atoms with Crippen molar-refractivity contribution >= 4 is 11.0 Å². The summed E-state index contributed by atoms with van der Waals surface area (Å²) in [4.78, 5) is 4.42. The van der Waals surface area contributed by atoms with E-state index in [0.717, 1.165) is 16.8 Å². The molecule has 3 rings (SSSR count). The zero-order chi connectivity index (χ0) is 13.4. The van der Waals surface area contributed by atoms with E-state index >= 15 is 0 Å². The number of furan rings is 1. The van der Waals surface area contributed by atoms with Gasteiger partial charge >= 0.3 is 0 Å². The van der Waals surface area contributed by atoms with Crippen molar-refractivity contribution in [1.82, 2.24) is 9.55 Å². The molecule has 0 spiro atoms. The molecule has 0 saturated heterocycles. The van der Waals surface area contributed by atoms with Gasteiger partial charge < -0.3 is 14.1 Å². The Labute approximate surface area is 111 Å². The first-order valence-corrected chi connectivity index (χ1v) is 6.28. The van der Waals surface area contributed by atoms with Crippen molar-refractivity contribution in [2.45, 2.75) is 27.0 Å². The monoisotopic (exact) mass is 256 g/mol. The van der Waals surface area contributed by atoms with E-state index in [1.165, 1.54) is 11.1 Å². The van der Waals surface area contributed by atoms with Crippen LogP contribution in [0.3, 0.4) is 0 Å². The second kappa shape index (κ2) is 4.55. The van der Waals surface area contributed by atoms with E-state index in [-0.39, 0.29) is 6.61 Å². The Kier molecular flexibility index (Phi) is 2.87. The summed E-state index contributed by atoms with van der Waals surface area (Å²) < 4.78 is 7.57. The van der Waals surface area contributed by atoms with Crippen LogP contribution in [0.15, 0.2) is 35.0 Å². The maximum Gasteiger partial charge on any atom is 0.129 e. The summed E-state index contributed by atoms with van der Waals surface area (Å²) in [7, 11) is 0. The largest absolute Gasteiger partial charge is 0.462 e. The zero-order valence-corrected chi connectivity index (χ0v) is 11.1. The van der Waals surface area contributed by atoms with Crippen LogP contribution >= 0.6 is 0 Å². The number of imidazole rings is 1. The Morgan fingerprint density at radius 2 is 1.89 bits per heavy atom. The SMILES string of the molecule is Cc1cc2ncn(Cc3ccc(CO)o3)c2cc1C. The molecule has 98 valence electrons. The summed E-state index contributed by atoms with van der Waals surface area (Å²) in [6, 6.07) is 7.93. The molecule has 0 amide bonds. The van der Waals surface area contributed by atoms with Gasteiger partial charge in [0.2, 0.25) is 0 Å². The molecule has 0 aliphatic carbocycles. The third kappa shape index (κ3) is 2.15. The highest BCUT2D eigenvalue weighted by Gasteiger charge is 2.07. The molecular formula is C15H16N2O2. The first-order chi connectivity index (χ1) is 9.17. The second-order valence-electron chi connectivity index (χ2n) is 4.82. The molecule has 4 nitrogen and oxygen atoms in total. The summed E-state index contributed by atoms with van der Waals surface area (Å²) >= 11 is 0. The Morgan fingerprint density at radius 1 is 1.16 bits per heavy atom. The smallest absolute Gasteiger partial charge is 0.129 e. The van der Waals surface area contributed by atoms with Gasteiger partial charge in [-0.2, -0.15) is 0 Å². The van der Waals surface area contributed by atoms with Crippen LogP contribution in [0.1, 0.15) is 22.6 Å². The molecule has 0 aliphatic heterocycles. The van der Waals surface area contributed by atoms with Gasteiger partial charge in [0.05, 0.1) is 23.9 Å². The topological polar surface area (TPSA) is 51.2 Å². The summed E-state index contributed by atoms with van der Waals surface area (Å²) in [5, 5.41) is 9.00. The predicted octanol–water partition coefficient (Wildman–Crippen LogP) is 2.79. The Hall–Kier alpha value is -2.07. The number of hydrogen-bond acceptors (Lipinski definition) is 3. The fourth-order valence-corrected chi connectivity index (χ4v) is 2.20. The number of aromatic nitrogens is 2. The van der Waals surface area contributed by atoms with Gasteiger partial charge in [0, 0.05) is 0 Å². The molecule has 1 N–H and O–H groups in total. The minimum atomic E-state index is -0.0665. The molecule has 0 atom stereocenters. The molecule has 4 heteroatoms. The number of rotatable bonds is 3. The minimum absolute atomic E-state index is 0.0665. The van der Waals surface area contributed by atoms with E-state index in [9.17, 15) is 0 Å². The van der Waals surface area contributed by atoms with E-state index in [0.29, 0.717) is 12.3 Å². The minimum Gasteiger partial charge on any atom is -0.462 e. The molecule has 0 saturated carbocycles. The third-order valence-corrected chi connectivity index (χ3v) is 3.44. The van der Waals surface area contributed by atoms with Crippen LogP contribution in [-0.4, -0.2) is 14.7 Å². The van der Waals surface area contributed by atoms with E-state index in [2.05, 4.69) is 35.5 Å².